The highest BCUT2D eigenvalue weighted by atomic mass is 35.5. The maximum absolute atomic E-state index is 10.8. The molecule has 0 unspecified atom stereocenters. The van der Waals surface area contributed by atoms with Crippen molar-refractivity contribution >= 4 is 40.5 Å². The normalized spacial score (nSPS) is 11.3. The molecule has 0 atom stereocenters. The zero-order valence-corrected chi connectivity index (χ0v) is 11.8. The van der Waals surface area contributed by atoms with E-state index in [2.05, 4.69) is 4.98 Å². The third-order valence-corrected chi connectivity index (χ3v) is 3.22. The second kappa shape index (κ2) is 5.50. The van der Waals surface area contributed by atoms with Gasteiger partial charge in [-0.25, -0.2) is 4.98 Å². The van der Waals surface area contributed by atoms with E-state index in [-0.39, 0.29) is 11.4 Å². The molecule has 0 saturated carbocycles. The minimum absolute atomic E-state index is 0.355. The van der Waals surface area contributed by atoms with Gasteiger partial charge in [0, 0.05) is 17.2 Å². The summed E-state index contributed by atoms with van der Waals surface area (Å²) in [5.74, 6) is -0.0216. The fourth-order valence-electron chi connectivity index (χ4n) is 1.95. The predicted octanol–water partition coefficient (Wildman–Crippen LogP) is 4.27. The molecule has 0 radical (unpaired) electrons. The maximum atomic E-state index is 10.8. The Balaban J connectivity index is 1.92. The zero-order valence-electron chi connectivity index (χ0n) is 11.1. The molecule has 6 nitrogen and oxygen atoms in total. The molecule has 110 valence electrons. The van der Waals surface area contributed by atoms with Crippen LogP contribution < -0.4 is 0 Å². The van der Waals surface area contributed by atoms with Gasteiger partial charge in [0.15, 0.2) is 11.3 Å². The highest BCUT2D eigenvalue weighted by Gasteiger charge is 2.12. The highest BCUT2D eigenvalue weighted by Crippen LogP contribution is 2.27. The smallest absolute Gasteiger partial charge is 0.311 e. The second-order valence-corrected chi connectivity index (χ2v) is 4.94. The summed E-state index contributed by atoms with van der Waals surface area (Å²) in [6, 6.07) is 9.19. The molecule has 1 N–H and O–H groups in total. The topological polar surface area (TPSA) is 89.4 Å². The Hall–Kier alpha value is -2.86. The molecule has 0 aliphatic carbocycles. The van der Waals surface area contributed by atoms with Gasteiger partial charge in [0.1, 0.15) is 5.52 Å². The standard InChI is InChI=1S/C15H9ClN2O4/c16-10-3-5-14-11(8-10)17-15(22-14)6-2-9-1-4-13(19)12(7-9)18(20)21/h1-8,19H. The van der Waals surface area contributed by atoms with E-state index in [1.54, 1.807) is 36.4 Å². The Labute approximate surface area is 129 Å². The molecule has 0 spiro atoms. The Morgan fingerprint density at radius 2 is 2.05 bits per heavy atom. The first-order valence-corrected chi connectivity index (χ1v) is 6.62. The molecule has 0 aliphatic rings. The van der Waals surface area contributed by atoms with Crippen molar-refractivity contribution in [3.05, 3.63) is 63.0 Å². The van der Waals surface area contributed by atoms with Crippen molar-refractivity contribution < 1.29 is 14.4 Å². The van der Waals surface area contributed by atoms with Crippen LogP contribution in [0.1, 0.15) is 11.5 Å². The number of benzene rings is 2. The van der Waals surface area contributed by atoms with Gasteiger partial charge >= 0.3 is 5.69 Å². The molecule has 0 aliphatic heterocycles. The Morgan fingerprint density at radius 3 is 2.82 bits per heavy atom. The number of nitro benzene ring substituents is 1. The summed E-state index contributed by atoms with van der Waals surface area (Å²) < 4.78 is 5.51. The molecule has 1 aromatic heterocycles. The van der Waals surface area contributed by atoms with Gasteiger partial charge in [-0.05, 0) is 35.9 Å². The number of halogens is 1. The first kappa shape index (κ1) is 14.1. The van der Waals surface area contributed by atoms with Crippen molar-refractivity contribution in [2.45, 2.75) is 0 Å². The third-order valence-electron chi connectivity index (χ3n) is 2.98. The molecule has 0 saturated heterocycles. The van der Waals surface area contributed by atoms with Crippen LogP contribution in [0, 0.1) is 10.1 Å². The number of hydrogen-bond donors (Lipinski definition) is 1. The highest BCUT2D eigenvalue weighted by molar-refractivity contribution is 6.31. The molecule has 0 fully saturated rings. The average molecular weight is 317 g/mol. The minimum Gasteiger partial charge on any atom is -0.502 e. The molecule has 2 aromatic carbocycles. The zero-order chi connectivity index (χ0) is 15.7. The number of nitrogens with zero attached hydrogens (tertiary/aromatic N) is 2. The average Bonchev–Trinajstić information content (AvgIpc) is 2.88. The van der Waals surface area contributed by atoms with E-state index in [1.807, 2.05) is 0 Å². The molecular formula is C15H9ClN2O4. The van der Waals surface area contributed by atoms with Crippen LogP contribution in [0.4, 0.5) is 5.69 Å². The van der Waals surface area contributed by atoms with Crippen molar-refractivity contribution in [1.29, 1.82) is 0 Å². The number of hydrogen-bond acceptors (Lipinski definition) is 5. The van der Waals surface area contributed by atoms with E-state index in [0.717, 1.165) is 0 Å². The molecule has 1 heterocycles. The van der Waals surface area contributed by atoms with Crippen molar-refractivity contribution in [2.24, 2.45) is 0 Å². The van der Waals surface area contributed by atoms with Gasteiger partial charge in [-0.1, -0.05) is 17.7 Å². The molecule has 7 heteroatoms. The van der Waals surface area contributed by atoms with Crippen molar-refractivity contribution in [2.75, 3.05) is 0 Å². The van der Waals surface area contributed by atoms with Gasteiger partial charge in [0.25, 0.3) is 0 Å². The number of nitro groups is 1. The number of rotatable bonds is 3. The first-order valence-electron chi connectivity index (χ1n) is 6.24. The lowest BCUT2D eigenvalue weighted by Gasteiger charge is -1.97. The van der Waals surface area contributed by atoms with Crippen LogP contribution in [0.2, 0.25) is 5.02 Å². The number of oxazole rings is 1. The number of phenols is 1. The summed E-state index contributed by atoms with van der Waals surface area (Å²) in [4.78, 5) is 14.4. The van der Waals surface area contributed by atoms with E-state index in [9.17, 15) is 15.2 Å². The van der Waals surface area contributed by atoms with Crippen LogP contribution in [-0.2, 0) is 0 Å². The van der Waals surface area contributed by atoms with Crippen LogP contribution in [0.3, 0.4) is 0 Å². The molecule has 0 amide bonds. The largest absolute Gasteiger partial charge is 0.502 e. The summed E-state index contributed by atoms with van der Waals surface area (Å²) in [6.45, 7) is 0. The second-order valence-electron chi connectivity index (χ2n) is 4.50. The summed E-state index contributed by atoms with van der Waals surface area (Å²) in [6.07, 6.45) is 3.20. The molecule has 3 aromatic rings. The van der Waals surface area contributed by atoms with E-state index in [4.69, 9.17) is 16.0 Å². The Bertz CT molecular complexity index is 902. The van der Waals surface area contributed by atoms with Gasteiger partial charge in [0.2, 0.25) is 5.89 Å². The first-order chi connectivity index (χ1) is 10.5. The fourth-order valence-corrected chi connectivity index (χ4v) is 2.11. The predicted molar refractivity (Wildman–Crippen MR) is 82.7 cm³/mol. The number of aromatic nitrogens is 1. The number of fused-ring (bicyclic) bond motifs is 1. The molecule has 0 bridgehead atoms. The van der Waals surface area contributed by atoms with Crippen LogP contribution >= 0.6 is 11.6 Å². The summed E-state index contributed by atoms with van der Waals surface area (Å²) >= 11 is 5.88. The Kier molecular flexibility index (Phi) is 3.52. The lowest BCUT2D eigenvalue weighted by Crippen LogP contribution is -1.88. The van der Waals surface area contributed by atoms with Gasteiger partial charge in [-0.3, -0.25) is 10.1 Å². The SMILES string of the molecule is O=[N+]([O-])c1cc(C=Cc2nc3cc(Cl)ccc3o2)ccc1O. The van der Waals surface area contributed by atoms with E-state index in [0.29, 0.717) is 27.6 Å². The third kappa shape index (κ3) is 2.77. The Morgan fingerprint density at radius 1 is 1.23 bits per heavy atom. The quantitative estimate of drug-likeness (QED) is 0.576. The van der Waals surface area contributed by atoms with Gasteiger partial charge < -0.3 is 9.52 Å². The lowest BCUT2D eigenvalue weighted by molar-refractivity contribution is -0.385. The van der Waals surface area contributed by atoms with Crippen LogP contribution in [0.15, 0.2) is 40.8 Å². The molecule has 3 rings (SSSR count). The minimum atomic E-state index is -0.645. The van der Waals surface area contributed by atoms with Gasteiger partial charge in [-0.2, -0.15) is 0 Å². The van der Waals surface area contributed by atoms with Crippen LogP contribution in [-0.4, -0.2) is 15.0 Å². The van der Waals surface area contributed by atoms with E-state index in [1.165, 1.54) is 12.1 Å². The van der Waals surface area contributed by atoms with Crippen molar-refractivity contribution in [3.63, 3.8) is 0 Å². The number of aromatic hydroxyl groups is 1. The molecule has 22 heavy (non-hydrogen) atoms. The van der Waals surface area contributed by atoms with E-state index < -0.39 is 4.92 Å². The monoisotopic (exact) mass is 316 g/mol. The van der Waals surface area contributed by atoms with Crippen LogP contribution in [0.5, 0.6) is 5.75 Å². The summed E-state index contributed by atoms with van der Waals surface area (Å²) in [5, 5.41) is 20.7. The van der Waals surface area contributed by atoms with Gasteiger partial charge in [-0.15, -0.1) is 0 Å². The summed E-state index contributed by atoms with van der Waals surface area (Å²) in [7, 11) is 0. The maximum Gasteiger partial charge on any atom is 0.311 e. The lowest BCUT2D eigenvalue weighted by atomic mass is 10.2. The fraction of sp³-hybridized carbons (Fsp3) is 0. The number of phenolic OH excluding ortho intramolecular Hbond substituents is 1. The van der Waals surface area contributed by atoms with E-state index >= 15 is 0 Å². The summed E-state index contributed by atoms with van der Waals surface area (Å²) in [5.41, 5.74) is 1.42. The molecular weight excluding hydrogens is 308 g/mol. The van der Waals surface area contributed by atoms with Crippen LogP contribution in [0.25, 0.3) is 23.3 Å². The van der Waals surface area contributed by atoms with Gasteiger partial charge in [0.05, 0.1) is 4.92 Å². The van der Waals surface area contributed by atoms with Crippen molar-refractivity contribution in [3.8, 4) is 5.75 Å². The van der Waals surface area contributed by atoms with Crippen molar-refractivity contribution in [1.82, 2.24) is 4.98 Å².